The molecule has 0 atom stereocenters. The third-order valence-corrected chi connectivity index (χ3v) is 7.48. The van der Waals surface area contributed by atoms with E-state index in [4.69, 9.17) is 15.2 Å². The van der Waals surface area contributed by atoms with Gasteiger partial charge in [-0.1, -0.05) is 12.1 Å². The van der Waals surface area contributed by atoms with Crippen LogP contribution in [-0.4, -0.2) is 38.6 Å². The van der Waals surface area contributed by atoms with Crippen molar-refractivity contribution in [2.45, 2.75) is 13.3 Å². The van der Waals surface area contributed by atoms with Gasteiger partial charge in [0.05, 0.1) is 29.3 Å². The number of aromatic nitrogens is 4. The molecule has 0 radical (unpaired) electrons. The van der Waals surface area contributed by atoms with Crippen molar-refractivity contribution in [2.75, 3.05) is 12.3 Å². The van der Waals surface area contributed by atoms with Gasteiger partial charge in [-0.25, -0.2) is 27.2 Å². The minimum absolute atomic E-state index is 0.0302. The number of para-hydroxylation sites is 1. The number of halogens is 4. The van der Waals surface area contributed by atoms with Crippen molar-refractivity contribution < 1.29 is 31.8 Å². The molecule has 218 valence electrons. The lowest BCUT2D eigenvalue weighted by Gasteiger charge is -2.11. The van der Waals surface area contributed by atoms with E-state index in [1.54, 1.807) is 25.1 Å². The Hall–Kier alpha value is -5.17. The second kappa shape index (κ2) is 11.2. The van der Waals surface area contributed by atoms with E-state index in [2.05, 4.69) is 15.1 Å². The van der Waals surface area contributed by atoms with E-state index in [0.29, 0.717) is 27.7 Å². The number of fused-ring (bicyclic) bond motifs is 1. The number of thiophene rings is 1. The zero-order chi connectivity index (χ0) is 30.2. The van der Waals surface area contributed by atoms with Crippen molar-refractivity contribution in [3.8, 4) is 33.5 Å². The lowest BCUT2D eigenvalue weighted by Crippen LogP contribution is -2.09. The number of hydrogen-bond donors (Lipinski definition) is 2. The van der Waals surface area contributed by atoms with Gasteiger partial charge < -0.3 is 20.2 Å². The van der Waals surface area contributed by atoms with Crippen molar-refractivity contribution in [2.24, 2.45) is 0 Å². The number of pyridine rings is 1. The van der Waals surface area contributed by atoms with Crippen molar-refractivity contribution in [3.05, 3.63) is 101 Å². The highest BCUT2D eigenvalue weighted by atomic mass is 32.1. The first-order valence-electron chi connectivity index (χ1n) is 12.8. The van der Waals surface area contributed by atoms with E-state index in [9.17, 15) is 22.4 Å². The lowest BCUT2D eigenvalue weighted by atomic mass is 10.1. The van der Waals surface area contributed by atoms with E-state index in [-0.39, 0.29) is 28.7 Å². The molecule has 0 amide bonds. The fourth-order valence-electron chi connectivity index (χ4n) is 4.53. The van der Waals surface area contributed by atoms with Crippen molar-refractivity contribution in [1.29, 1.82) is 0 Å². The molecule has 0 spiro atoms. The van der Waals surface area contributed by atoms with Gasteiger partial charge in [-0.05, 0) is 54.3 Å². The van der Waals surface area contributed by atoms with Gasteiger partial charge in [0, 0.05) is 27.4 Å². The number of aromatic amines is 1. The number of nitrogens with zero attached hydrogens (tertiary/aromatic N) is 3. The number of carbonyl (C=O) groups excluding carboxylic acids is 1. The number of benzene rings is 2. The van der Waals surface area contributed by atoms with Gasteiger partial charge in [0.25, 0.3) is 6.43 Å². The predicted octanol–water partition coefficient (Wildman–Crippen LogP) is 7.31. The SMILES string of the molecule is Cc1cc(Oc2c(F)cccc2F)ncc1-n1ncc(C(=O)c2cc3cc(OCC(F)F)c(-c4cccs4)cc3[nH]2)c1N. The highest BCUT2D eigenvalue weighted by molar-refractivity contribution is 7.13. The average Bonchev–Trinajstić information content (AvgIpc) is 3.73. The van der Waals surface area contributed by atoms with Crippen LogP contribution in [0.5, 0.6) is 17.4 Å². The van der Waals surface area contributed by atoms with E-state index < -0.39 is 36.2 Å². The Bertz CT molecular complexity index is 1950. The predicted molar refractivity (Wildman–Crippen MR) is 153 cm³/mol. The molecule has 2 aromatic carbocycles. The van der Waals surface area contributed by atoms with E-state index in [1.807, 2.05) is 17.5 Å². The molecule has 0 aliphatic carbocycles. The summed E-state index contributed by atoms with van der Waals surface area (Å²) in [4.78, 5) is 21.5. The maximum absolute atomic E-state index is 14.0. The summed E-state index contributed by atoms with van der Waals surface area (Å²) in [6.45, 7) is 0.929. The molecule has 8 nitrogen and oxygen atoms in total. The molecule has 3 N–H and O–H groups in total. The molecule has 0 aliphatic heterocycles. The number of anilines is 1. The fraction of sp³-hybridized carbons (Fsp3) is 0.100. The summed E-state index contributed by atoms with van der Waals surface area (Å²) < 4.78 is 65.8. The molecule has 4 heterocycles. The van der Waals surface area contributed by atoms with Crippen molar-refractivity contribution >= 4 is 33.8 Å². The van der Waals surface area contributed by atoms with Gasteiger partial charge in [-0.3, -0.25) is 4.79 Å². The number of alkyl halides is 2. The summed E-state index contributed by atoms with van der Waals surface area (Å²) in [5, 5.41) is 6.70. The smallest absolute Gasteiger partial charge is 0.272 e. The third-order valence-electron chi connectivity index (χ3n) is 6.58. The lowest BCUT2D eigenvalue weighted by molar-refractivity contribution is 0.0822. The maximum Gasteiger partial charge on any atom is 0.272 e. The molecule has 0 aliphatic rings. The average molecular weight is 608 g/mol. The van der Waals surface area contributed by atoms with Gasteiger partial charge in [-0.15, -0.1) is 11.3 Å². The molecule has 4 aromatic heterocycles. The molecule has 6 rings (SSSR count). The van der Waals surface area contributed by atoms with Crippen LogP contribution < -0.4 is 15.2 Å². The monoisotopic (exact) mass is 607 g/mol. The molecular weight excluding hydrogens is 586 g/mol. The van der Waals surface area contributed by atoms with E-state index >= 15 is 0 Å². The molecule has 6 aromatic rings. The topological polar surface area (TPSA) is 108 Å². The summed E-state index contributed by atoms with van der Waals surface area (Å²) in [5.41, 5.74) is 8.83. The van der Waals surface area contributed by atoms with Gasteiger partial charge >= 0.3 is 0 Å². The summed E-state index contributed by atoms with van der Waals surface area (Å²) in [6, 6.07) is 13.4. The number of nitrogens with one attached hydrogen (secondary N) is 1. The van der Waals surface area contributed by atoms with Gasteiger partial charge in [0.15, 0.2) is 11.6 Å². The van der Waals surface area contributed by atoms with Gasteiger partial charge in [0.2, 0.25) is 17.4 Å². The second-order valence-corrected chi connectivity index (χ2v) is 10.4. The summed E-state index contributed by atoms with van der Waals surface area (Å²) >= 11 is 1.43. The number of ether oxygens (including phenoxy) is 2. The molecule has 0 fully saturated rings. The Morgan fingerprint density at radius 3 is 2.58 bits per heavy atom. The molecule has 13 heteroatoms. The van der Waals surface area contributed by atoms with Crippen LogP contribution in [0.4, 0.5) is 23.4 Å². The zero-order valence-corrected chi connectivity index (χ0v) is 23.1. The second-order valence-electron chi connectivity index (χ2n) is 9.44. The Balaban J connectivity index is 1.29. The minimum Gasteiger partial charge on any atom is -0.487 e. The third kappa shape index (κ3) is 5.42. The number of rotatable bonds is 9. The molecule has 0 bridgehead atoms. The van der Waals surface area contributed by atoms with Crippen LogP contribution in [0.3, 0.4) is 0 Å². The molecule has 0 saturated carbocycles. The quantitative estimate of drug-likeness (QED) is 0.132. The van der Waals surface area contributed by atoms with Crippen molar-refractivity contribution in [1.82, 2.24) is 19.7 Å². The van der Waals surface area contributed by atoms with Gasteiger partial charge in [0.1, 0.15) is 18.2 Å². The summed E-state index contributed by atoms with van der Waals surface area (Å²) in [7, 11) is 0. The highest BCUT2D eigenvalue weighted by Gasteiger charge is 2.22. The number of aryl methyl sites for hydroxylation is 1. The van der Waals surface area contributed by atoms with Gasteiger partial charge in [-0.2, -0.15) is 5.10 Å². The number of nitrogen functional groups attached to an aromatic ring is 1. The van der Waals surface area contributed by atoms with Crippen LogP contribution >= 0.6 is 11.3 Å². The van der Waals surface area contributed by atoms with E-state index in [1.165, 1.54) is 40.5 Å². The van der Waals surface area contributed by atoms with E-state index in [0.717, 1.165) is 17.0 Å². The first kappa shape index (κ1) is 28.0. The Morgan fingerprint density at radius 2 is 1.88 bits per heavy atom. The number of nitrogens with two attached hydrogens (primary N) is 1. The maximum atomic E-state index is 14.0. The number of hydrogen-bond acceptors (Lipinski definition) is 7. The number of carbonyl (C=O) groups is 1. The zero-order valence-electron chi connectivity index (χ0n) is 22.3. The molecular formula is C30H21F4N5O3S. The Kier molecular flexibility index (Phi) is 7.32. The fourth-order valence-corrected chi connectivity index (χ4v) is 5.28. The minimum atomic E-state index is -2.65. The first-order chi connectivity index (χ1) is 20.7. The first-order valence-corrected chi connectivity index (χ1v) is 13.7. The van der Waals surface area contributed by atoms with Crippen LogP contribution in [0.2, 0.25) is 0 Å². The van der Waals surface area contributed by atoms with Crippen LogP contribution in [-0.2, 0) is 0 Å². The highest BCUT2D eigenvalue weighted by Crippen LogP contribution is 2.37. The van der Waals surface area contributed by atoms with Crippen molar-refractivity contribution in [3.63, 3.8) is 0 Å². The molecule has 0 saturated heterocycles. The normalized spacial score (nSPS) is 11.4. The number of H-pyrrole nitrogens is 1. The van der Waals surface area contributed by atoms with Crippen LogP contribution in [0.15, 0.2) is 72.4 Å². The summed E-state index contributed by atoms with van der Waals surface area (Å²) in [6.07, 6.45) is 0.0275. The standard InChI is InChI=1S/C30H21F4N5O3S/c1-15-8-27(42-29-19(31)4-2-5-20(29)32)36-13-23(15)39-30(35)18(12-37-39)28(40)22-9-16-10-24(41-14-26(33)34)17(11-21(16)38-22)25-6-3-7-43-25/h2-13,26,38H,14,35H2,1H3. The number of ketones is 1. The van der Waals surface area contributed by atoms with Crippen LogP contribution in [0.25, 0.3) is 27.0 Å². The Labute approximate surface area is 245 Å². The molecule has 43 heavy (non-hydrogen) atoms. The largest absolute Gasteiger partial charge is 0.487 e. The Morgan fingerprint density at radius 1 is 1.09 bits per heavy atom. The molecule has 0 unspecified atom stereocenters. The van der Waals surface area contributed by atoms with Crippen LogP contribution in [0.1, 0.15) is 21.6 Å². The summed E-state index contributed by atoms with van der Waals surface area (Å²) in [5.74, 6) is -2.53. The van der Waals surface area contributed by atoms with Crippen LogP contribution in [0, 0.1) is 18.6 Å².